The summed E-state index contributed by atoms with van der Waals surface area (Å²) in [7, 11) is 0. The molecule has 0 aliphatic carbocycles. The summed E-state index contributed by atoms with van der Waals surface area (Å²) in [4.78, 5) is 13.1. The summed E-state index contributed by atoms with van der Waals surface area (Å²) in [5.41, 5.74) is 2.35. The zero-order valence-electron chi connectivity index (χ0n) is 20.0. The van der Waals surface area contributed by atoms with Crippen molar-refractivity contribution in [2.24, 2.45) is 0 Å². The predicted octanol–water partition coefficient (Wildman–Crippen LogP) is 7.67. The number of unbranched alkanes of at least 4 members (excludes halogenated alkanes) is 2. The summed E-state index contributed by atoms with van der Waals surface area (Å²) < 4.78 is 11.0. The number of ether oxygens (including phenoxy) is 2. The van der Waals surface area contributed by atoms with Gasteiger partial charge in [0.05, 0.1) is 13.2 Å². The number of fused-ring (bicyclic) bond motifs is 1. The minimum atomic E-state index is -0.321. The summed E-state index contributed by atoms with van der Waals surface area (Å²) in [5.74, 6) is 0.292. The lowest BCUT2D eigenvalue weighted by molar-refractivity contribution is 0.0521. The van der Waals surface area contributed by atoms with Crippen molar-refractivity contribution in [1.29, 1.82) is 0 Å². The molecular formula is C27H38O3S. The third-order valence-electron chi connectivity index (χ3n) is 5.26. The van der Waals surface area contributed by atoms with E-state index in [1.54, 1.807) is 19.1 Å². The first-order valence-electron chi connectivity index (χ1n) is 11.4. The minimum Gasteiger partial charge on any atom is -0.493 e. The van der Waals surface area contributed by atoms with Crippen molar-refractivity contribution in [2.75, 3.05) is 13.2 Å². The summed E-state index contributed by atoms with van der Waals surface area (Å²) >= 11 is 2.02. The molecule has 0 bridgehead atoms. The van der Waals surface area contributed by atoms with Crippen LogP contribution in [-0.4, -0.2) is 23.9 Å². The fraction of sp³-hybridized carbons (Fsp3) is 0.519. The number of hydrogen-bond donors (Lipinski definition) is 0. The molecule has 0 radical (unpaired) electrons. The highest BCUT2D eigenvalue weighted by molar-refractivity contribution is 8.00. The van der Waals surface area contributed by atoms with Gasteiger partial charge in [0.25, 0.3) is 0 Å². The molecule has 0 fully saturated rings. The number of rotatable bonds is 7. The average Bonchev–Trinajstić information content (AvgIpc) is 2.71. The van der Waals surface area contributed by atoms with Crippen LogP contribution in [0.15, 0.2) is 53.4 Å². The lowest BCUT2D eigenvalue weighted by Crippen LogP contribution is -2.33. The SMILES string of the molecule is CC1(C)CC(C)(C)c2ccccc2S1.CCCCCOc1ccccc1C(=O)OCC. The number of esters is 1. The maximum absolute atomic E-state index is 11.7. The normalized spacial score (nSPS) is 15.8. The van der Waals surface area contributed by atoms with Crippen LogP contribution in [0.3, 0.4) is 0 Å². The first-order chi connectivity index (χ1) is 14.7. The van der Waals surface area contributed by atoms with Crippen LogP contribution in [-0.2, 0) is 10.2 Å². The van der Waals surface area contributed by atoms with Crippen molar-refractivity contribution < 1.29 is 14.3 Å². The van der Waals surface area contributed by atoms with Gasteiger partial charge in [-0.25, -0.2) is 4.79 Å². The van der Waals surface area contributed by atoms with E-state index >= 15 is 0 Å². The molecule has 2 aromatic rings. The van der Waals surface area contributed by atoms with Gasteiger partial charge < -0.3 is 9.47 Å². The second-order valence-corrected chi connectivity index (χ2v) is 10.9. The molecule has 1 heterocycles. The van der Waals surface area contributed by atoms with Crippen LogP contribution in [0.2, 0.25) is 0 Å². The second kappa shape index (κ2) is 11.6. The molecule has 4 heteroatoms. The van der Waals surface area contributed by atoms with Gasteiger partial charge in [-0.2, -0.15) is 0 Å². The topological polar surface area (TPSA) is 35.5 Å². The van der Waals surface area contributed by atoms with Gasteiger partial charge in [-0.15, -0.1) is 11.8 Å². The van der Waals surface area contributed by atoms with Gasteiger partial charge in [0.1, 0.15) is 11.3 Å². The van der Waals surface area contributed by atoms with Gasteiger partial charge >= 0.3 is 5.97 Å². The molecule has 31 heavy (non-hydrogen) atoms. The van der Waals surface area contributed by atoms with E-state index in [1.807, 2.05) is 23.9 Å². The Morgan fingerprint density at radius 1 is 0.968 bits per heavy atom. The van der Waals surface area contributed by atoms with E-state index in [2.05, 4.69) is 58.9 Å². The molecular weight excluding hydrogens is 404 g/mol. The van der Waals surface area contributed by atoms with Gasteiger partial charge in [0, 0.05) is 9.64 Å². The fourth-order valence-corrected chi connectivity index (χ4v) is 5.74. The Hall–Kier alpha value is -1.94. The molecule has 0 aromatic heterocycles. The van der Waals surface area contributed by atoms with Crippen LogP contribution in [0.25, 0.3) is 0 Å². The largest absolute Gasteiger partial charge is 0.493 e. The molecule has 2 aromatic carbocycles. The van der Waals surface area contributed by atoms with Crippen molar-refractivity contribution in [1.82, 2.24) is 0 Å². The third kappa shape index (κ3) is 7.60. The lowest BCUT2D eigenvalue weighted by atomic mass is 9.77. The zero-order valence-corrected chi connectivity index (χ0v) is 20.8. The Balaban J connectivity index is 0.000000224. The van der Waals surface area contributed by atoms with Gasteiger partial charge in [-0.3, -0.25) is 0 Å². The van der Waals surface area contributed by atoms with E-state index in [4.69, 9.17) is 9.47 Å². The average molecular weight is 443 g/mol. The molecule has 3 rings (SSSR count). The van der Waals surface area contributed by atoms with Crippen LogP contribution >= 0.6 is 11.8 Å². The molecule has 1 aliphatic rings. The van der Waals surface area contributed by atoms with Crippen molar-refractivity contribution >= 4 is 17.7 Å². The van der Waals surface area contributed by atoms with Gasteiger partial charge in [-0.1, -0.05) is 77.8 Å². The number of hydrogen-bond acceptors (Lipinski definition) is 4. The Morgan fingerprint density at radius 3 is 2.35 bits per heavy atom. The summed E-state index contributed by atoms with van der Waals surface area (Å²) in [5, 5.41) is 0. The molecule has 0 spiro atoms. The van der Waals surface area contributed by atoms with Crippen LogP contribution in [0, 0.1) is 0 Å². The number of benzene rings is 2. The molecule has 3 nitrogen and oxygen atoms in total. The molecule has 0 amide bonds. The first kappa shape index (κ1) is 25.3. The van der Waals surface area contributed by atoms with Crippen molar-refractivity contribution in [3.63, 3.8) is 0 Å². The maximum atomic E-state index is 11.7. The number of para-hydroxylation sites is 1. The minimum absolute atomic E-state index is 0.321. The third-order valence-corrected chi connectivity index (χ3v) is 6.53. The van der Waals surface area contributed by atoms with E-state index in [-0.39, 0.29) is 5.97 Å². The standard InChI is InChI=1S/C14H20O3.C13H18S/c1-3-5-8-11-17-13-10-7-6-9-12(13)14(15)16-4-2;1-12(2)9-13(3,4)14-11-8-6-5-7-10(11)12/h6-7,9-10H,3-5,8,11H2,1-2H3;5-8H,9H2,1-4H3. The van der Waals surface area contributed by atoms with Gasteiger partial charge in [-0.05, 0) is 48.9 Å². The van der Waals surface area contributed by atoms with E-state index in [0.29, 0.717) is 34.7 Å². The van der Waals surface area contributed by atoms with Crippen molar-refractivity contribution in [2.45, 2.75) is 82.3 Å². The predicted molar refractivity (Wildman–Crippen MR) is 131 cm³/mol. The second-order valence-electron chi connectivity index (χ2n) is 9.19. The molecule has 1 aliphatic heterocycles. The first-order valence-corrected chi connectivity index (χ1v) is 12.2. The summed E-state index contributed by atoms with van der Waals surface area (Å²) in [6, 6.07) is 16.0. The van der Waals surface area contributed by atoms with Crippen molar-refractivity contribution in [3.8, 4) is 5.75 Å². The monoisotopic (exact) mass is 442 g/mol. The number of carbonyl (C=O) groups excluding carboxylic acids is 1. The highest BCUT2D eigenvalue weighted by atomic mass is 32.2. The van der Waals surface area contributed by atoms with Crippen LogP contribution in [0.4, 0.5) is 0 Å². The summed E-state index contributed by atoms with van der Waals surface area (Å²) in [6.45, 7) is 14.4. The van der Waals surface area contributed by atoms with Gasteiger partial charge in [0.15, 0.2) is 0 Å². The molecule has 0 saturated heterocycles. The molecule has 0 atom stereocenters. The Labute approximate surface area is 192 Å². The summed E-state index contributed by atoms with van der Waals surface area (Å²) in [6.07, 6.45) is 4.56. The quantitative estimate of drug-likeness (QED) is 0.325. The zero-order chi connectivity index (χ0) is 22.9. The fourth-order valence-electron chi connectivity index (χ4n) is 4.11. The maximum Gasteiger partial charge on any atom is 0.341 e. The molecule has 0 N–H and O–H groups in total. The lowest BCUT2D eigenvalue weighted by Gasteiger charge is -2.41. The van der Waals surface area contributed by atoms with E-state index in [9.17, 15) is 4.79 Å². The van der Waals surface area contributed by atoms with Crippen molar-refractivity contribution in [3.05, 3.63) is 59.7 Å². The Kier molecular flexibility index (Phi) is 9.49. The number of thioether (sulfide) groups is 1. The molecule has 0 unspecified atom stereocenters. The van der Waals surface area contributed by atoms with E-state index < -0.39 is 0 Å². The van der Waals surface area contributed by atoms with Crippen LogP contribution in [0.1, 0.15) is 83.1 Å². The molecule has 170 valence electrons. The van der Waals surface area contributed by atoms with Crippen LogP contribution < -0.4 is 4.74 Å². The Bertz CT molecular complexity index is 842. The molecule has 0 saturated carbocycles. The van der Waals surface area contributed by atoms with Crippen LogP contribution in [0.5, 0.6) is 5.75 Å². The van der Waals surface area contributed by atoms with E-state index in [1.165, 1.54) is 16.9 Å². The Morgan fingerprint density at radius 2 is 1.65 bits per heavy atom. The van der Waals surface area contributed by atoms with Gasteiger partial charge in [0.2, 0.25) is 0 Å². The smallest absolute Gasteiger partial charge is 0.341 e. The highest BCUT2D eigenvalue weighted by Crippen LogP contribution is 2.50. The highest BCUT2D eigenvalue weighted by Gasteiger charge is 2.37. The number of carbonyl (C=O) groups is 1. The van der Waals surface area contributed by atoms with E-state index in [0.717, 1.165) is 19.3 Å².